The number of pyridine rings is 1. The standard InChI is InChI=1S/C20H22N2O2/c23-20(19-12-18(19)14-5-4-10-21-13-14)22-15-6-3-9-17(11-15)24-16-7-1-2-8-16/h3-6,9-11,13,16,18-19H,1-2,7-8,12H2,(H,22,23)/t18-,19+/m1/s1. The largest absolute Gasteiger partial charge is 0.490 e. The summed E-state index contributed by atoms with van der Waals surface area (Å²) in [5.74, 6) is 1.28. The summed E-state index contributed by atoms with van der Waals surface area (Å²) in [6, 6.07) is 11.7. The number of anilines is 1. The van der Waals surface area contributed by atoms with Crippen LogP contribution in [0.1, 0.15) is 43.6 Å². The van der Waals surface area contributed by atoms with E-state index < -0.39 is 0 Å². The quantitative estimate of drug-likeness (QED) is 0.900. The monoisotopic (exact) mass is 322 g/mol. The first kappa shape index (κ1) is 15.2. The van der Waals surface area contributed by atoms with E-state index in [-0.39, 0.29) is 11.8 Å². The number of hydrogen-bond acceptors (Lipinski definition) is 3. The van der Waals surface area contributed by atoms with Gasteiger partial charge in [0.2, 0.25) is 5.91 Å². The minimum Gasteiger partial charge on any atom is -0.490 e. The van der Waals surface area contributed by atoms with E-state index in [1.165, 1.54) is 12.8 Å². The first-order valence-corrected chi connectivity index (χ1v) is 8.77. The lowest BCUT2D eigenvalue weighted by Gasteiger charge is -2.14. The maximum Gasteiger partial charge on any atom is 0.228 e. The lowest BCUT2D eigenvalue weighted by Crippen LogP contribution is -2.15. The third kappa shape index (κ3) is 3.42. The first-order chi connectivity index (χ1) is 11.8. The molecule has 2 fully saturated rings. The molecule has 0 saturated heterocycles. The summed E-state index contributed by atoms with van der Waals surface area (Å²) in [5.41, 5.74) is 1.96. The number of aromatic nitrogens is 1. The second-order valence-corrected chi connectivity index (χ2v) is 6.78. The third-order valence-corrected chi connectivity index (χ3v) is 4.95. The van der Waals surface area contributed by atoms with Gasteiger partial charge >= 0.3 is 0 Å². The van der Waals surface area contributed by atoms with Gasteiger partial charge in [-0.2, -0.15) is 0 Å². The van der Waals surface area contributed by atoms with Crippen LogP contribution < -0.4 is 10.1 Å². The van der Waals surface area contributed by atoms with Crippen molar-refractivity contribution >= 4 is 11.6 Å². The number of carbonyl (C=O) groups is 1. The summed E-state index contributed by atoms with van der Waals surface area (Å²) >= 11 is 0. The molecule has 4 nitrogen and oxygen atoms in total. The highest BCUT2D eigenvalue weighted by molar-refractivity contribution is 5.95. The molecule has 0 spiro atoms. The van der Waals surface area contributed by atoms with Gasteiger partial charge in [0.05, 0.1) is 6.10 Å². The van der Waals surface area contributed by atoms with Crippen molar-refractivity contribution in [3.63, 3.8) is 0 Å². The molecular weight excluding hydrogens is 300 g/mol. The summed E-state index contributed by atoms with van der Waals surface area (Å²) in [6.07, 6.45) is 9.60. The highest BCUT2D eigenvalue weighted by Crippen LogP contribution is 2.47. The Balaban J connectivity index is 1.36. The highest BCUT2D eigenvalue weighted by atomic mass is 16.5. The number of amides is 1. The number of ether oxygens (including phenoxy) is 1. The van der Waals surface area contributed by atoms with Gasteiger partial charge in [0.1, 0.15) is 5.75 Å². The van der Waals surface area contributed by atoms with E-state index in [0.29, 0.717) is 12.0 Å². The fraction of sp³-hybridized carbons (Fsp3) is 0.400. The first-order valence-electron chi connectivity index (χ1n) is 8.77. The third-order valence-electron chi connectivity index (χ3n) is 4.95. The molecule has 1 aromatic carbocycles. The van der Waals surface area contributed by atoms with Crippen LogP contribution in [-0.4, -0.2) is 17.0 Å². The second-order valence-electron chi connectivity index (χ2n) is 6.78. The van der Waals surface area contributed by atoms with Crippen molar-refractivity contribution in [2.24, 2.45) is 5.92 Å². The molecule has 2 aliphatic carbocycles. The second kappa shape index (κ2) is 6.63. The summed E-state index contributed by atoms with van der Waals surface area (Å²) in [4.78, 5) is 16.6. The summed E-state index contributed by atoms with van der Waals surface area (Å²) < 4.78 is 6.00. The Hall–Kier alpha value is -2.36. The zero-order valence-corrected chi connectivity index (χ0v) is 13.7. The predicted molar refractivity (Wildman–Crippen MR) is 93.0 cm³/mol. The van der Waals surface area contributed by atoms with Crippen molar-refractivity contribution in [3.8, 4) is 5.75 Å². The van der Waals surface area contributed by atoms with E-state index in [0.717, 1.165) is 36.3 Å². The minimum atomic E-state index is 0.0496. The van der Waals surface area contributed by atoms with Crippen molar-refractivity contribution in [2.75, 3.05) is 5.32 Å². The number of nitrogens with zero attached hydrogens (tertiary/aromatic N) is 1. The number of rotatable bonds is 5. The van der Waals surface area contributed by atoms with E-state index >= 15 is 0 Å². The Bertz CT molecular complexity index is 711. The Kier molecular flexibility index (Phi) is 4.20. The Morgan fingerprint density at radius 3 is 2.83 bits per heavy atom. The van der Waals surface area contributed by atoms with Gasteiger partial charge in [-0.3, -0.25) is 9.78 Å². The fourth-order valence-electron chi connectivity index (χ4n) is 3.53. The van der Waals surface area contributed by atoms with Crippen LogP contribution in [0.25, 0.3) is 0 Å². The minimum absolute atomic E-state index is 0.0496. The number of hydrogen-bond donors (Lipinski definition) is 1. The van der Waals surface area contributed by atoms with Crippen LogP contribution in [0, 0.1) is 5.92 Å². The SMILES string of the molecule is O=C(Nc1cccc(OC2CCCC2)c1)[C@H]1C[C@@H]1c1cccnc1. The molecule has 124 valence electrons. The Morgan fingerprint density at radius 1 is 1.17 bits per heavy atom. The molecule has 0 unspecified atom stereocenters. The molecule has 2 saturated carbocycles. The van der Waals surface area contributed by atoms with Crippen LogP contribution in [0.2, 0.25) is 0 Å². The van der Waals surface area contributed by atoms with Crippen molar-refractivity contribution < 1.29 is 9.53 Å². The van der Waals surface area contributed by atoms with Gasteiger partial charge in [-0.15, -0.1) is 0 Å². The Morgan fingerprint density at radius 2 is 2.04 bits per heavy atom. The van der Waals surface area contributed by atoms with Gasteiger partial charge in [0, 0.05) is 30.1 Å². The van der Waals surface area contributed by atoms with E-state index in [4.69, 9.17) is 4.74 Å². The smallest absolute Gasteiger partial charge is 0.228 e. The summed E-state index contributed by atoms with van der Waals surface area (Å²) in [6.45, 7) is 0. The molecule has 4 heteroatoms. The van der Waals surface area contributed by atoms with Crippen LogP contribution in [0.15, 0.2) is 48.8 Å². The molecule has 2 atom stereocenters. The molecule has 2 aromatic rings. The molecule has 0 bridgehead atoms. The van der Waals surface area contributed by atoms with E-state index in [2.05, 4.69) is 10.3 Å². The molecule has 1 heterocycles. The van der Waals surface area contributed by atoms with Gasteiger partial charge in [-0.1, -0.05) is 12.1 Å². The lowest BCUT2D eigenvalue weighted by molar-refractivity contribution is -0.117. The fourth-order valence-corrected chi connectivity index (χ4v) is 3.53. The highest BCUT2D eigenvalue weighted by Gasteiger charge is 2.44. The normalized spacial score (nSPS) is 23.0. The molecule has 1 aromatic heterocycles. The number of benzene rings is 1. The van der Waals surface area contributed by atoms with E-state index in [9.17, 15) is 4.79 Å². The van der Waals surface area contributed by atoms with Crippen LogP contribution in [-0.2, 0) is 4.79 Å². The van der Waals surface area contributed by atoms with Crippen LogP contribution >= 0.6 is 0 Å². The molecule has 1 amide bonds. The van der Waals surface area contributed by atoms with Crippen molar-refractivity contribution in [1.29, 1.82) is 0 Å². The molecule has 4 rings (SSSR count). The lowest BCUT2D eigenvalue weighted by atomic mass is 10.1. The van der Waals surface area contributed by atoms with Crippen LogP contribution in [0.4, 0.5) is 5.69 Å². The molecule has 1 N–H and O–H groups in total. The van der Waals surface area contributed by atoms with Gasteiger partial charge in [0.25, 0.3) is 0 Å². The van der Waals surface area contributed by atoms with Gasteiger partial charge in [0.15, 0.2) is 0 Å². The number of carbonyl (C=O) groups excluding carboxylic acids is 1. The van der Waals surface area contributed by atoms with Gasteiger partial charge < -0.3 is 10.1 Å². The van der Waals surface area contributed by atoms with Gasteiger partial charge in [-0.25, -0.2) is 0 Å². The molecule has 0 radical (unpaired) electrons. The van der Waals surface area contributed by atoms with Gasteiger partial charge in [-0.05, 0) is 61.8 Å². The van der Waals surface area contributed by atoms with Crippen molar-refractivity contribution in [2.45, 2.75) is 44.1 Å². The predicted octanol–water partition coefficient (Wildman–Crippen LogP) is 4.15. The average Bonchev–Trinajstić information content (AvgIpc) is 3.26. The molecule has 0 aliphatic heterocycles. The molecule has 2 aliphatic rings. The molecule has 24 heavy (non-hydrogen) atoms. The maximum absolute atomic E-state index is 12.4. The Labute approximate surface area is 142 Å². The maximum atomic E-state index is 12.4. The zero-order chi connectivity index (χ0) is 16.4. The summed E-state index contributed by atoms with van der Waals surface area (Å²) in [7, 11) is 0. The van der Waals surface area contributed by atoms with E-state index in [1.54, 1.807) is 6.20 Å². The van der Waals surface area contributed by atoms with Crippen molar-refractivity contribution in [3.05, 3.63) is 54.4 Å². The number of nitrogens with one attached hydrogen (secondary N) is 1. The van der Waals surface area contributed by atoms with Crippen molar-refractivity contribution in [1.82, 2.24) is 4.98 Å². The van der Waals surface area contributed by atoms with Crippen LogP contribution in [0.5, 0.6) is 5.75 Å². The van der Waals surface area contributed by atoms with Crippen LogP contribution in [0.3, 0.4) is 0 Å². The molecular formula is C20H22N2O2. The average molecular weight is 322 g/mol. The zero-order valence-electron chi connectivity index (χ0n) is 13.7. The van der Waals surface area contributed by atoms with E-state index in [1.807, 2.05) is 42.6 Å². The summed E-state index contributed by atoms with van der Waals surface area (Å²) in [5, 5.41) is 3.03. The topological polar surface area (TPSA) is 51.2 Å².